The second kappa shape index (κ2) is 9.67. The van der Waals surface area contributed by atoms with Crippen LogP contribution < -0.4 is 0 Å². The highest BCUT2D eigenvalue weighted by Crippen LogP contribution is 2.22. The second-order valence-electron chi connectivity index (χ2n) is 3.35. The van der Waals surface area contributed by atoms with E-state index >= 15 is 0 Å². The predicted molar refractivity (Wildman–Crippen MR) is 79.7 cm³/mol. The van der Waals surface area contributed by atoms with Crippen LogP contribution in [0, 0.1) is 12.7 Å². The van der Waals surface area contributed by atoms with Crippen LogP contribution in [0.5, 0.6) is 0 Å². The third-order valence-electron chi connectivity index (χ3n) is 2.24. The van der Waals surface area contributed by atoms with Gasteiger partial charge in [-0.3, -0.25) is 0 Å². The van der Waals surface area contributed by atoms with Gasteiger partial charge >= 0.3 is 0 Å². The van der Waals surface area contributed by atoms with Crippen molar-refractivity contribution < 1.29 is 4.39 Å². The Balaban J connectivity index is 0.000000659. The highest BCUT2D eigenvalue weighted by Gasteiger charge is 2.02. The zero-order valence-electron chi connectivity index (χ0n) is 11.4. The summed E-state index contributed by atoms with van der Waals surface area (Å²) >= 11 is 4.64. The van der Waals surface area contributed by atoms with Gasteiger partial charge in [-0.25, -0.2) is 4.39 Å². The van der Waals surface area contributed by atoms with Crippen molar-refractivity contribution in [3.8, 4) is 11.1 Å². The normalized spacial score (nSPS) is 8.56. The highest BCUT2D eigenvalue weighted by atomic mass is 35.5. The van der Waals surface area contributed by atoms with E-state index in [0.29, 0.717) is 5.56 Å². The Labute approximate surface area is 114 Å². The van der Waals surface area contributed by atoms with Crippen LogP contribution in [-0.2, 0) is 0 Å². The molecule has 0 saturated heterocycles. The molecule has 0 atom stereocenters. The Bertz CT molecular complexity index is 435. The van der Waals surface area contributed by atoms with Crippen LogP contribution in [0.25, 0.3) is 11.1 Å². The van der Waals surface area contributed by atoms with E-state index in [4.69, 9.17) is 0 Å². The first-order chi connectivity index (χ1) is 8.77. The van der Waals surface area contributed by atoms with Gasteiger partial charge in [0.2, 0.25) is 0 Å². The fraction of sp³-hybridized carbons (Fsp3) is 0.250. The van der Waals surface area contributed by atoms with E-state index in [1.54, 1.807) is 12.1 Å². The van der Waals surface area contributed by atoms with Crippen molar-refractivity contribution in [1.82, 2.24) is 0 Å². The molecule has 0 amide bonds. The van der Waals surface area contributed by atoms with Gasteiger partial charge in [0.15, 0.2) is 0 Å². The molecule has 0 aliphatic heterocycles. The minimum absolute atomic E-state index is 0.170. The van der Waals surface area contributed by atoms with Gasteiger partial charge in [-0.05, 0) is 18.6 Å². The summed E-state index contributed by atoms with van der Waals surface area (Å²) in [5, 5.41) is 0. The van der Waals surface area contributed by atoms with Crippen LogP contribution >= 0.6 is 11.6 Å². The fourth-order valence-electron chi connectivity index (χ4n) is 1.43. The van der Waals surface area contributed by atoms with Crippen molar-refractivity contribution in [1.29, 1.82) is 0 Å². The van der Waals surface area contributed by atoms with Crippen LogP contribution in [0.2, 0.25) is 0 Å². The van der Waals surface area contributed by atoms with Crippen molar-refractivity contribution in [3.05, 3.63) is 59.9 Å². The first-order valence-electron chi connectivity index (χ1n) is 5.97. The Morgan fingerprint density at radius 1 is 0.833 bits per heavy atom. The van der Waals surface area contributed by atoms with E-state index in [0.717, 1.165) is 5.56 Å². The van der Waals surface area contributed by atoms with E-state index in [1.165, 1.54) is 18.0 Å². The van der Waals surface area contributed by atoms with Gasteiger partial charge in [-0.2, -0.15) is 0 Å². The monoisotopic (exact) mass is 266 g/mol. The van der Waals surface area contributed by atoms with Crippen molar-refractivity contribution in [3.63, 3.8) is 0 Å². The molecule has 2 rings (SSSR count). The van der Waals surface area contributed by atoms with E-state index in [2.05, 4.69) is 11.6 Å². The molecule has 0 aliphatic carbocycles. The van der Waals surface area contributed by atoms with Gasteiger partial charge in [-0.1, -0.05) is 61.9 Å². The summed E-state index contributed by atoms with van der Waals surface area (Å²) in [4.78, 5) is 0. The number of halogens is 2. The topological polar surface area (TPSA) is 0 Å². The Hall–Kier alpha value is -1.34. The second-order valence-corrected chi connectivity index (χ2v) is 3.35. The molecule has 0 unspecified atom stereocenters. The largest absolute Gasteiger partial charge is 0.206 e. The summed E-state index contributed by atoms with van der Waals surface area (Å²) < 4.78 is 13.4. The molecule has 0 spiro atoms. The number of rotatable bonds is 1. The summed E-state index contributed by atoms with van der Waals surface area (Å²) in [6, 6.07) is 14.7. The average molecular weight is 267 g/mol. The first kappa shape index (κ1) is 16.7. The zero-order chi connectivity index (χ0) is 14.0. The van der Waals surface area contributed by atoms with Crippen LogP contribution in [0.15, 0.2) is 48.5 Å². The summed E-state index contributed by atoms with van der Waals surface area (Å²) in [5.74, 6) is -0.170. The summed E-state index contributed by atoms with van der Waals surface area (Å²) in [5.41, 5.74) is 2.77. The molecule has 2 aromatic rings. The smallest absolute Gasteiger partial charge is 0.131 e. The molecular formula is C16H20ClF. The number of alkyl halides is 1. The van der Waals surface area contributed by atoms with E-state index in [-0.39, 0.29) is 5.82 Å². The molecule has 0 aliphatic rings. The maximum Gasteiger partial charge on any atom is 0.131 e. The SMILES string of the molecule is CC.CCl.Cc1ccc(-c2ccccc2F)cc1. The molecule has 0 radical (unpaired) electrons. The highest BCUT2D eigenvalue weighted by molar-refractivity contribution is 6.15. The Morgan fingerprint density at radius 3 is 1.83 bits per heavy atom. The quantitative estimate of drug-likeness (QED) is 0.582. The Morgan fingerprint density at radius 2 is 1.33 bits per heavy atom. The van der Waals surface area contributed by atoms with E-state index < -0.39 is 0 Å². The molecule has 0 aromatic heterocycles. The molecule has 0 heterocycles. The Kier molecular flexibility index (Phi) is 8.95. The average Bonchev–Trinajstić information content (AvgIpc) is 2.45. The zero-order valence-corrected chi connectivity index (χ0v) is 12.1. The van der Waals surface area contributed by atoms with Crippen molar-refractivity contribution in [2.45, 2.75) is 20.8 Å². The molecule has 98 valence electrons. The summed E-state index contributed by atoms with van der Waals surface area (Å²) in [6.07, 6.45) is 1.47. The fourth-order valence-corrected chi connectivity index (χ4v) is 1.43. The lowest BCUT2D eigenvalue weighted by atomic mass is 10.0. The van der Waals surface area contributed by atoms with Crippen molar-refractivity contribution in [2.24, 2.45) is 0 Å². The predicted octanol–water partition coefficient (Wildman–Crippen LogP) is 5.68. The minimum atomic E-state index is -0.170. The number of hydrogen-bond donors (Lipinski definition) is 0. The minimum Gasteiger partial charge on any atom is -0.206 e. The molecule has 0 nitrogen and oxygen atoms in total. The molecule has 2 aromatic carbocycles. The van der Waals surface area contributed by atoms with Gasteiger partial charge in [0.25, 0.3) is 0 Å². The third-order valence-corrected chi connectivity index (χ3v) is 2.24. The lowest BCUT2D eigenvalue weighted by Crippen LogP contribution is -1.83. The van der Waals surface area contributed by atoms with Crippen LogP contribution in [0.3, 0.4) is 0 Å². The van der Waals surface area contributed by atoms with Crippen LogP contribution in [0.4, 0.5) is 4.39 Å². The molecule has 0 N–H and O–H groups in total. The number of hydrogen-bond acceptors (Lipinski definition) is 0. The summed E-state index contributed by atoms with van der Waals surface area (Å²) in [6.45, 7) is 6.02. The lowest BCUT2D eigenvalue weighted by Gasteiger charge is -2.02. The number of benzene rings is 2. The molecule has 18 heavy (non-hydrogen) atoms. The molecular weight excluding hydrogens is 247 g/mol. The van der Waals surface area contributed by atoms with Gasteiger partial charge in [-0.15, -0.1) is 11.6 Å². The van der Waals surface area contributed by atoms with Crippen molar-refractivity contribution in [2.75, 3.05) is 6.38 Å². The van der Waals surface area contributed by atoms with Crippen LogP contribution in [-0.4, -0.2) is 6.38 Å². The lowest BCUT2D eigenvalue weighted by molar-refractivity contribution is 0.631. The summed E-state index contributed by atoms with van der Waals surface area (Å²) in [7, 11) is 0. The molecule has 0 bridgehead atoms. The van der Waals surface area contributed by atoms with Gasteiger partial charge in [0, 0.05) is 11.9 Å². The van der Waals surface area contributed by atoms with Crippen LogP contribution in [0.1, 0.15) is 19.4 Å². The van der Waals surface area contributed by atoms with Gasteiger partial charge in [0.05, 0.1) is 0 Å². The molecule has 2 heteroatoms. The van der Waals surface area contributed by atoms with E-state index in [9.17, 15) is 4.39 Å². The first-order valence-corrected chi connectivity index (χ1v) is 6.72. The maximum absolute atomic E-state index is 13.4. The molecule has 0 saturated carbocycles. The van der Waals surface area contributed by atoms with E-state index in [1.807, 2.05) is 51.1 Å². The van der Waals surface area contributed by atoms with Crippen molar-refractivity contribution >= 4 is 11.6 Å². The molecule has 0 fully saturated rings. The van der Waals surface area contributed by atoms with Gasteiger partial charge in [0.1, 0.15) is 5.82 Å². The van der Waals surface area contributed by atoms with Gasteiger partial charge < -0.3 is 0 Å². The number of aryl methyl sites for hydroxylation is 1. The standard InChI is InChI=1S/C13H11F.C2H6.CH3Cl/c1-10-6-8-11(9-7-10)12-4-2-3-5-13(12)14;2*1-2/h2-9H,1H3;1-2H3;1H3. The maximum atomic E-state index is 13.4. The third kappa shape index (κ3) is 4.89.